The molecule has 1 atom stereocenters. The predicted octanol–water partition coefficient (Wildman–Crippen LogP) is 4.05. The van der Waals surface area contributed by atoms with Gasteiger partial charge in [-0.3, -0.25) is 4.79 Å². The normalized spacial score (nSPS) is 18.9. The van der Waals surface area contributed by atoms with Crippen molar-refractivity contribution in [1.29, 1.82) is 0 Å². The van der Waals surface area contributed by atoms with Crippen LogP contribution in [0.25, 0.3) is 22.3 Å². The first-order valence-corrected chi connectivity index (χ1v) is 11.2. The predicted molar refractivity (Wildman–Crippen MR) is 122 cm³/mol. The second-order valence-electron chi connectivity index (χ2n) is 8.88. The topological polar surface area (TPSA) is 78.4 Å². The summed E-state index contributed by atoms with van der Waals surface area (Å²) in [5, 5.41) is 14.5. The molecule has 1 saturated carbocycles. The molecule has 160 valence electrons. The average Bonchev–Trinajstić information content (AvgIpc) is 3.62. The Balaban J connectivity index is 1.47. The summed E-state index contributed by atoms with van der Waals surface area (Å²) < 4.78 is 0. The number of amides is 1. The van der Waals surface area contributed by atoms with Gasteiger partial charge >= 0.3 is 0 Å². The van der Waals surface area contributed by atoms with Gasteiger partial charge in [0.25, 0.3) is 0 Å². The highest BCUT2D eigenvalue weighted by Crippen LogP contribution is 2.34. The lowest BCUT2D eigenvalue weighted by atomic mass is 9.97. The fraction of sp³-hybridized carbons (Fsp3) is 0.400. The molecule has 6 heteroatoms. The Hall–Kier alpha value is -3.15. The Bertz CT molecular complexity index is 1130. The zero-order chi connectivity index (χ0) is 21.4. The van der Waals surface area contributed by atoms with Crippen LogP contribution in [-0.4, -0.2) is 40.6 Å². The van der Waals surface area contributed by atoms with Gasteiger partial charge in [0, 0.05) is 30.9 Å². The number of hydrogen-bond donors (Lipinski definition) is 2. The first-order chi connectivity index (χ1) is 15.1. The molecule has 1 aromatic heterocycles. The number of nitrogens with one attached hydrogen (secondary N) is 1. The molecule has 2 heterocycles. The van der Waals surface area contributed by atoms with E-state index < -0.39 is 0 Å². The molecule has 0 bridgehead atoms. The summed E-state index contributed by atoms with van der Waals surface area (Å²) >= 11 is 0. The monoisotopic (exact) mass is 416 g/mol. The molecule has 5 rings (SSSR count). The number of nitrogens with zero attached hydrogens (tertiary/aromatic N) is 3. The number of aromatic nitrogens is 2. The number of carbonyl (C=O) groups excluding carboxylic acids is 1. The third-order valence-corrected chi connectivity index (χ3v) is 6.31. The quantitative estimate of drug-likeness (QED) is 0.656. The van der Waals surface area contributed by atoms with E-state index in [2.05, 4.69) is 35.3 Å². The Morgan fingerprint density at radius 2 is 2.00 bits per heavy atom. The largest absolute Gasteiger partial charge is 0.507 e. The van der Waals surface area contributed by atoms with Crippen molar-refractivity contribution in [2.75, 3.05) is 24.5 Å². The third-order valence-electron chi connectivity index (χ3n) is 6.31. The molecule has 1 saturated heterocycles. The van der Waals surface area contributed by atoms with Crippen LogP contribution in [0.3, 0.4) is 0 Å². The highest BCUT2D eigenvalue weighted by molar-refractivity contribution is 5.92. The number of rotatable bonds is 5. The lowest BCUT2D eigenvalue weighted by Crippen LogP contribution is -2.41. The molecule has 2 N–H and O–H groups in total. The number of fused-ring (bicyclic) bond motifs is 1. The molecular weight excluding hydrogens is 388 g/mol. The van der Waals surface area contributed by atoms with Crippen molar-refractivity contribution in [2.24, 2.45) is 11.8 Å². The molecule has 1 aliphatic heterocycles. The Labute approximate surface area is 182 Å². The number of anilines is 1. The molecular formula is C25H28N4O2. The lowest BCUT2D eigenvalue weighted by molar-refractivity contribution is -0.122. The number of benzene rings is 2. The van der Waals surface area contributed by atoms with Crippen molar-refractivity contribution in [3.63, 3.8) is 0 Å². The average molecular weight is 417 g/mol. The van der Waals surface area contributed by atoms with Gasteiger partial charge in [0.05, 0.1) is 11.1 Å². The minimum atomic E-state index is 0.180. The maximum absolute atomic E-state index is 12.1. The SMILES string of the molecule is Cc1ccc2c(N3CCCC(CNC(=O)C4CC4)C3)nc(-c3ccccc3O)nc2c1. The summed E-state index contributed by atoms with van der Waals surface area (Å²) in [5.74, 6) is 2.48. The summed E-state index contributed by atoms with van der Waals surface area (Å²) in [4.78, 5) is 24.1. The van der Waals surface area contributed by atoms with E-state index in [1.165, 1.54) is 0 Å². The standard InChI is InChI=1S/C25H28N4O2/c1-16-8-11-19-21(13-16)27-23(20-6-2-3-7-22(20)30)28-24(19)29-12-4-5-17(15-29)14-26-25(31)18-9-10-18/h2-3,6-8,11,13,17-18,30H,4-5,9-10,12,14-15H2,1H3,(H,26,31). The maximum Gasteiger partial charge on any atom is 0.223 e. The minimum absolute atomic E-state index is 0.180. The van der Waals surface area contributed by atoms with Gasteiger partial charge in [-0.05, 0) is 68.4 Å². The Kier molecular flexibility index (Phi) is 5.22. The van der Waals surface area contributed by atoms with E-state index in [-0.39, 0.29) is 17.6 Å². The van der Waals surface area contributed by atoms with E-state index in [1.54, 1.807) is 12.1 Å². The van der Waals surface area contributed by atoms with Crippen LogP contribution in [0.2, 0.25) is 0 Å². The maximum atomic E-state index is 12.1. The third kappa shape index (κ3) is 4.20. The number of carbonyl (C=O) groups is 1. The molecule has 1 unspecified atom stereocenters. The summed E-state index contributed by atoms with van der Waals surface area (Å²) in [6.07, 6.45) is 4.23. The van der Waals surface area contributed by atoms with Gasteiger partial charge in [-0.15, -0.1) is 0 Å². The summed E-state index contributed by atoms with van der Waals surface area (Å²) in [6.45, 7) is 4.55. The van der Waals surface area contributed by atoms with Crippen LogP contribution in [0.1, 0.15) is 31.2 Å². The van der Waals surface area contributed by atoms with Crippen molar-refractivity contribution in [2.45, 2.75) is 32.6 Å². The number of hydrogen-bond acceptors (Lipinski definition) is 5. The van der Waals surface area contributed by atoms with E-state index in [0.717, 1.165) is 67.6 Å². The van der Waals surface area contributed by atoms with E-state index in [9.17, 15) is 9.90 Å². The van der Waals surface area contributed by atoms with Crippen molar-refractivity contribution >= 4 is 22.6 Å². The van der Waals surface area contributed by atoms with Crippen molar-refractivity contribution in [3.8, 4) is 17.1 Å². The number of phenols is 1. The van der Waals surface area contributed by atoms with Crippen LogP contribution in [0.15, 0.2) is 42.5 Å². The summed E-state index contributed by atoms with van der Waals surface area (Å²) in [7, 11) is 0. The highest BCUT2D eigenvalue weighted by atomic mass is 16.3. The van der Waals surface area contributed by atoms with Gasteiger partial charge in [-0.1, -0.05) is 18.2 Å². The van der Waals surface area contributed by atoms with Crippen molar-refractivity contribution in [3.05, 3.63) is 48.0 Å². The van der Waals surface area contributed by atoms with Crippen LogP contribution >= 0.6 is 0 Å². The van der Waals surface area contributed by atoms with Crippen LogP contribution in [0, 0.1) is 18.8 Å². The van der Waals surface area contributed by atoms with Crippen molar-refractivity contribution in [1.82, 2.24) is 15.3 Å². The van der Waals surface area contributed by atoms with Crippen LogP contribution < -0.4 is 10.2 Å². The van der Waals surface area contributed by atoms with Gasteiger partial charge in [0.2, 0.25) is 5.91 Å². The molecule has 3 aromatic rings. The molecule has 0 spiro atoms. The number of phenolic OH excluding ortho intramolecular Hbond substituents is 1. The van der Waals surface area contributed by atoms with Crippen molar-refractivity contribution < 1.29 is 9.90 Å². The minimum Gasteiger partial charge on any atom is -0.507 e. The number of aryl methyl sites for hydroxylation is 1. The lowest BCUT2D eigenvalue weighted by Gasteiger charge is -2.34. The molecule has 0 radical (unpaired) electrons. The van der Waals surface area contributed by atoms with Gasteiger partial charge in [-0.25, -0.2) is 9.97 Å². The molecule has 1 amide bonds. The second kappa shape index (κ2) is 8.17. The number of piperidine rings is 1. The molecule has 31 heavy (non-hydrogen) atoms. The zero-order valence-electron chi connectivity index (χ0n) is 17.8. The van der Waals surface area contributed by atoms with Gasteiger partial charge < -0.3 is 15.3 Å². The molecule has 2 aromatic carbocycles. The number of para-hydroxylation sites is 1. The van der Waals surface area contributed by atoms with Gasteiger partial charge in [0.1, 0.15) is 11.6 Å². The second-order valence-corrected chi connectivity index (χ2v) is 8.88. The van der Waals surface area contributed by atoms with E-state index in [0.29, 0.717) is 17.3 Å². The van der Waals surface area contributed by atoms with E-state index in [1.807, 2.05) is 12.1 Å². The number of aromatic hydroxyl groups is 1. The first kappa shape index (κ1) is 19.8. The molecule has 1 aliphatic carbocycles. The highest BCUT2D eigenvalue weighted by Gasteiger charge is 2.30. The summed E-state index contributed by atoms with van der Waals surface area (Å²) in [6, 6.07) is 13.5. The first-order valence-electron chi connectivity index (χ1n) is 11.2. The van der Waals surface area contributed by atoms with E-state index in [4.69, 9.17) is 9.97 Å². The van der Waals surface area contributed by atoms with E-state index >= 15 is 0 Å². The zero-order valence-corrected chi connectivity index (χ0v) is 17.8. The Morgan fingerprint density at radius 3 is 2.81 bits per heavy atom. The smallest absolute Gasteiger partial charge is 0.223 e. The van der Waals surface area contributed by atoms with Gasteiger partial charge in [0.15, 0.2) is 5.82 Å². The fourth-order valence-corrected chi connectivity index (χ4v) is 4.41. The molecule has 6 nitrogen and oxygen atoms in total. The Morgan fingerprint density at radius 1 is 1.16 bits per heavy atom. The van der Waals surface area contributed by atoms with Crippen LogP contribution in [0.5, 0.6) is 5.75 Å². The van der Waals surface area contributed by atoms with Crippen LogP contribution in [0.4, 0.5) is 5.82 Å². The van der Waals surface area contributed by atoms with Crippen LogP contribution in [-0.2, 0) is 4.79 Å². The van der Waals surface area contributed by atoms with Gasteiger partial charge in [-0.2, -0.15) is 0 Å². The fourth-order valence-electron chi connectivity index (χ4n) is 4.41. The molecule has 2 aliphatic rings. The summed E-state index contributed by atoms with van der Waals surface area (Å²) in [5.41, 5.74) is 2.66. The molecule has 2 fully saturated rings.